The Kier molecular flexibility index (Phi) is 3.22. The molecule has 0 unspecified atom stereocenters. The standard InChI is InChI=1S/C16H15ClN4O/c1-9-6-7-13-11(8-9)14(20-19-13)16-18-15(21-22-16)10-4-2-3-5-12(10)17/h2-5,9H,6-8H2,1H3,(H,19,20)/t9-/m0/s1. The molecule has 0 fully saturated rings. The lowest BCUT2D eigenvalue weighted by Gasteiger charge is -2.17. The minimum absolute atomic E-state index is 0.446. The zero-order valence-corrected chi connectivity index (χ0v) is 12.9. The molecule has 5 nitrogen and oxygen atoms in total. The summed E-state index contributed by atoms with van der Waals surface area (Å²) in [5.41, 5.74) is 3.92. The summed E-state index contributed by atoms with van der Waals surface area (Å²) in [6, 6.07) is 7.46. The van der Waals surface area contributed by atoms with Crippen molar-refractivity contribution in [1.82, 2.24) is 20.3 Å². The highest BCUT2D eigenvalue weighted by molar-refractivity contribution is 6.33. The first kappa shape index (κ1) is 13.5. The Morgan fingerprint density at radius 1 is 1.32 bits per heavy atom. The SMILES string of the molecule is C[C@H]1CCc2[nH]nc(-c3nc(-c4ccccc4Cl)no3)c2C1. The number of halogens is 1. The van der Waals surface area contributed by atoms with Crippen molar-refractivity contribution in [2.75, 3.05) is 0 Å². The van der Waals surface area contributed by atoms with Crippen LogP contribution in [0.3, 0.4) is 0 Å². The molecule has 0 saturated heterocycles. The van der Waals surface area contributed by atoms with E-state index in [4.69, 9.17) is 16.1 Å². The molecular weight excluding hydrogens is 300 g/mol. The summed E-state index contributed by atoms with van der Waals surface area (Å²) in [6.07, 6.45) is 3.20. The van der Waals surface area contributed by atoms with Crippen molar-refractivity contribution >= 4 is 11.6 Å². The minimum atomic E-state index is 0.446. The molecule has 2 aromatic heterocycles. The van der Waals surface area contributed by atoms with Crippen LogP contribution in [-0.4, -0.2) is 20.3 Å². The summed E-state index contributed by atoms with van der Waals surface area (Å²) in [5, 5.41) is 12.1. The van der Waals surface area contributed by atoms with Gasteiger partial charge < -0.3 is 4.52 Å². The van der Waals surface area contributed by atoms with Gasteiger partial charge in [-0.2, -0.15) is 10.1 Å². The molecular formula is C16H15ClN4O. The van der Waals surface area contributed by atoms with Crippen LogP contribution in [0.5, 0.6) is 0 Å². The number of hydrogen-bond donors (Lipinski definition) is 1. The van der Waals surface area contributed by atoms with Gasteiger partial charge in [0.15, 0.2) is 5.69 Å². The second-order valence-electron chi connectivity index (χ2n) is 5.78. The van der Waals surface area contributed by atoms with Gasteiger partial charge in [-0.25, -0.2) is 0 Å². The molecule has 1 aromatic carbocycles. The molecule has 0 spiro atoms. The highest BCUT2D eigenvalue weighted by atomic mass is 35.5. The third kappa shape index (κ3) is 2.22. The number of nitrogens with one attached hydrogen (secondary N) is 1. The van der Waals surface area contributed by atoms with E-state index in [1.54, 1.807) is 0 Å². The molecule has 1 atom stereocenters. The molecule has 4 rings (SSSR count). The van der Waals surface area contributed by atoms with E-state index < -0.39 is 0 Å². The first-order valence-corrected chi connectivity index (χ1v) is 7.75. The van der Waals surface area contributed by atoms with E-state index in [9.17, 15) is 0 Å². The molecule has 0 bridgehead atoms. The van der Waals surface area contributed by atoms with Crippen LogP contribution < -0.4 is 0 Å². The Balaban J connectivity index is 1.74. The Morgan fingerprint density at radius 3 is 3.05 bits per heavy atom. The van der Waals surface area contributed by atoms with E-state index in [2.05, 4.69) is 27.3 Å². The highest BCUT2D eigenvalue weighted by Crippen LogP contribution is 2.32. The van der Waals surface area contributed by atoms with Gasteiger partial charge in [0.25, 0.3) is 5.89 Å². The second-order valence-corrected chi connectivity index (χ2v) is 6.19. The van der Waals surface area contributed by atoms with Crippen molar-refractivity contribution in [3.8, 4) is 23.0 Å². The molecule has 3 aromatic rings. The second kappa shape index (κ2) is 5.25. The minimum Gasteiger partial charge on any atom is -0.332 e. The number of fused-ring (bicyclic) bond motifs is 1. The summed E-state index contributed by atoms with van der Waals surface area (Å²) in [5.74, 6) is 1.58. The maximum absolute atomic E-state index is 6.18. The fourth-order valence-corrected chi connectivity index (χ4v) is 3.14. The van der Waals surface area contributed by atoms with Crippen LogP contribution in [0, 0.1) is 5.92 Å². The molecule has 22 heavy (non-hydrogen) atoms. The predicted molar refractivity (Wildman–Crippen MR) is 83.5 cm³/mol. The molecule has 6 heteroatoms. The first-order valence-electron chi connectivity index (χ1n) is 7.37. The average molecular weight is 315 g/mol. The third-order valence-corrected chi connectivity index (χ3v) is 4.47. The number of rotatable bonds is 2. The van der Waals surface area contributed by atoms with E-state index in [0.29, 0.717) is 22.7 Å². The summed E-state index contributed by atoms with van der Waals surface area (Å²) >= 11 is 6.18. The van der Waals surface area contributed by atoms with Gasteiger partial charge in [-0.1, -0.05) is 35.8 Å². The molecule has 2 heterocycles. The van der Waals surface area contributed by atoms with Crippen molar-refractivity contribution in [3.63, 3.8) is 0 Å². The van der Waals surface area contributed by atoms with Crippen molar-refractivity contribution in [3.05, 3.63) is 40.5 Å². The molecule has 0 radical (unpaired) electrons. The zero-order chi connectivity index (χ0) is 15.1. The Labute approximate surface area is 132 Å². The maximum Gasteiger partial charge on any atom is 0.279 e. The van der Waals surface area contributed by atoms with Gasteiger partial charge in [-0.15, -0.1) is 0 Å². The predicted octanol–water partition coefficient (Wildman–Crippen LogP) is 3.90. The lowest BCUT2D eigenvalue weighted by molar-refractivity contribution is 0.429. The smallest absolute Gasteiger partial charge is 0.279 e. The normalized spacial score (nSPS) is 17.5. The first-order chi connectivity index (χ1) is 10.7. The lowest BCUT2D eigenvalue weighted by atomic mass is 9.88. The molecule has 0 saturated carbocycles. The van der Waals surface area contributed by atoms with Crippen molar-refractivity contribution < 1.29 is 4.52 Å². The molecule has 112 valence electrons. The van der Waals surface area contributed by atoms with E-state index in [-0.39, 0.29) is 0 Å². The fourth-order valence-electron chi connectivity index (χ4n) is 2.92. The lowest BCUT2D eigenvalue weighted by Crippen LogP contribution is -2.10. The van der Waals surface area contributed by atoms with Crippen LogP contribution in [-0.2, 0) is 12.8 Å². The summed E-state index contributed by atoms with van der Waals surface area (Å²) in [7, 11) is 0. The Hall–Kier alpha value is -2.14. The summed E-state index contributed by atoms with van der Waals surface area (Å²) in [4.78, 5) is 4.47. The van der Waals surface area contributed by atoms with Crippen LogP contribution in [0.15, 0.2) is 28.8 Å². The van der Waals surface area contributed by atoms with Gasteiger partial charge in [0.1, 0.15) is 0 Å². The summed E-state index contributed by atoms with van der Waals surface area (Å²) < 4.78 is 5.42. The van der Waals surface area contributed by atoms with Crippen molar-refractivity contribution in [2.24, 2.45) is 5.92 Å². The quantitative estimate of drug-likeness (QED) is 0.779. The Morgan fingerprint density at radius 2 is 2.18 bits per heavy atom. The number of aromatic nitrogens is 4. The molecule has 1 aliphatic carbocycles. The largest absolute Gasteiger partial charge is 0.332 e. The van der Waals surface area contributed by atoms with E-state index in [1.807, 2.05) is 24.3 Å². The summed E-state index contributed by atoms with van der Waals surface area (Å²) in [6.45, 7) is 2.25. The monoisotopic (exact) mass is 314 g/mol. The van der Waals surface area contributed by atoms with Gasteiger partial charge in [0.05, 0.1) is 5.02 Å². The third-order valence-electron chi connectivity index (χ3n) is 4.14. The number of benzene rings is 1. The van der Waals surface area contributed by atoms with Crippen LogP contribution in [0.4, 0.5) is 0 Å². The van der Waals surface area contributed by atoms with Crippen LogP contribution in [0.1, 0.15) is 24.6 Å². The average Bonchev–Trinajstić information content (AvgIpc) is 3.13. The maximum atomic E-state index is 6.18. The van der Waals surface area contributed by atoms with Gasteiger partial charge in [0, 0.05) is 16.8 Å². The number of aryl methyl sites for hydroxylation is 1. The number of aromatic amines is 1. The van der Waals surface area contributed by atoms with E-state index >= 15 is 0 Å². The van der Waals surface area contributed by atoms with Gasteiger partial charge in [-0.05, 0) is 37.3 Å². The molecule has 1 aliphatic rings. The highest BCUT2D eigenvalue weighted by Gasteiger charge is 2.25. The zero-order valence-electron chi connectivity index (χ0n) is 12.1. The molecule has 0 aliphatic heterocycles. The van der Waals surface area contributed by atoms with Crippen LogP contribution in [0.2, 0.25) is 5.02 Å². The van der Waals surface area contributed by atoms with Gasteiger partial charge in [-0.3, -0.25) is 5.10 Å². The number of hydrogen-bond acceptors (Lipinski definition) is 4. The molecule has 1 N–H and O–H groups in total. The van der Waals surface area contributed by atoms with Gasteiger partial charge in [0.2, 0.25) is 5.82 Å². The van der Waals surface area contributed by atoms with Crippen LogP contribution >= 0.6 is 11.6 Å². The molecule has 0 amide bonds. The number of nitrogens with zero attached hydrogens (tertiary/aromatic N) is 3. The topological polar surface area (TPSA) is 67.6 Å². The Bertz CT molecular complexity index is 823. The van der Waals surface area contributed by atoms with E-state index in [1.165, 1.54) is 17.7 Å². The number of H-pyrrole nitrogens is 1. The van der Waals surface area contributed by atoms with Crippen molar-refractivity contribution in [2.45, 2.75) is 26.2 Å². The van der Waals surface area contributed by atoms with Crippen molar-refractivity contribution in [1.29, 1.82) is 0 Å². The fraction of sp³-hybridized carbons (Fsp3) is 0.312. The van der Waals surface area contributed by atoms with Gasteiger partial charge >= 0.3 is 0 Å². The van der Waals surface area contributed by atoms with E-state index in [0.717, 1.165) is 24.1 Å². The van der Waals surface area contributed by atoms with Crippen LogP contribution in [0.25, 0.3) is 23.0 Å².